The molecule has 1 saturated carbocycles. The van der Waals surface area contributed by atoms with Crippen molar-refractivity contribution in [3.63, 3.8) is 0 Å². The summed E-state index contributed by atoms with van der Waals surface area (Å²) >= 11 is 0. The van der Waals surface area contributed by atoms with Crippen LogP contribution in [-0.2, 0) is 0 Å². The van der Waals surface area contributed by atoms with Crippen LogP contribution in [0, 0.1) is 17.8 Å². The molecule has 0 unspecified atom stereocenters. The van der Waals surface area contributed by atoms with Gasteiger partial charge in [0.15, 0.2) is 0 Å². The molecule has 1 aromatic rings. The molecule has 2 rings (SSSR count). The van der Waals surface area contributed by atoms with E-state index in [2.05, 4.69) is 23.4 Å². The molecule has 2 heteroatoms. The van der Waals surface area contributed by atoms with E-state index in [1.165, 1.54) is 32.1 Å². The lowest BCUT2D eigenvalue weighted by Crippen LogP contribution is -2.03. The van der Waals surface area contributed by atoms with Crippen molar-refractivity contribution in [3.05, 3.63) is 47.9 Å². The molecule has 0 spiro atoms. The molecule has 0 amide bonds. The Hall–Kier alpha value is -2.01. The molecule has 0 bridgehead atoms. The van der Waals surface area contributed by atoms with Crippen molar-refractivity contribution in [2.45, 2.75) is 39.0 Å². The van der Waals surface area contributed by atoms with Crippen molar-refractivity contribution in [2.75, 3.05) is 0 Å². The maximum absolute atomic E-state index is 9.06. The average molecular weight is 267 g/mol. The van der Waals surface area contributed by atoms with Crippen molar-refractivity contribution in [1.82, 2.24) is 0 Å². The first-order valence-electron chi connectivity index (χ1n) is 7.20. The summed E-state index contributed by atoms with van der Waals surface area (Å²) in [5, 5.41) is 9.06. The third-order valence-corrected chi connectivity index (χ3v) is 3.63. The van der Waals surface area contributed by atoms with E-state index in [9.17, 15) is 0 Å². The van der Waals surface area contributed by atoms with Gasteiger partial charge in [0.25, 0.3) is 0 Å². The minimum absolute atomic E-state index is 0.163. The van der Waals surface area contributed by atoms with Crippen LogP contribution in [0.4, 0.5) is 0 Å². The second-order valence-electron chi connectivity index (χ2n) is 5.30. The number of rotatable bonds is 2. The number of hydrogen-bond acceptors (Lipinski definition) is 2. The normalized spacial score (nSPS) is 16.4. The van der Waals surface area contributed by atoms with Gasteiger partial charge in [-0.3, -0.25) is 0 Å². The van der Waals surface area contributed by atoms with Crippen LogP contribution in [0.1, 0.15) is 50.2 Å². The van der Waals surface area contributed by atoms with Crippen LogP contribution < -0.4 is 0 Å². The molecule has 1 N–H and O–H groups in total. The molecule has 2 nitrogen and oxygen atoms in total. The van der Waals surface area contributed by atoms with Crippen LogP contribution in [0.3, 0.4) is 0 Å². The van der Waals surface area contributed by atoms with Gasteiger partial charge in [0.05, 0.1) is 0 Å². The Kier molecular flexibility index (Phi) is 5.01. The predicted octanol–water partition coefficient (Wildman–Crippen LogP) is 4.46. The molecule has 1 aliphatic carbocycles. The lowest BCUT2D eigenvalue weighted by molar-refractivity contribution is 0.410. The molecular formula is C18H21NO. The Morgan fingerprint density at radius 3 is 2.45 bits per heavy atom. The Balaban J connectivity index is 2.05. The number of benzene rings is 1. The third-order valence-electron chi connectivity index (χ3n) is 3.63. The highest BCUT2D eigenvalue weighted by Crippen LogP contribution is 2.22. The molecule has 20 heavy (non-hydrogen) atoms. The number of aliphatic imine (C=N–C) groups is 1. The fourth-order valence-electron chi connectivity index (χ4n) is 2.49. The van der Waals surface area contributed by atoms with Crippen LogP contribution in [0.2, 0.25) is 0 Å². The topological polar surface area (TPSA) is 32.6 Å². The van der Waals surface area contributed by atoms with E-state index in [0.29, 0.717) is 5.92 Å². The molecule has 0 aromatic heterocycles. The molecule has 1 aromatic carbocycles. The van der Waals surface area contributed by atoms with E-state index in [1.807, 2.05) is 31.2 Å². The van der Waals surface area contributed by atoms with Crippen molar-refractivity contribution in [2.24, 2.45) is 10.9 Å². The van der Waals surface area contributed by atoms with E-state index in [1.54, 1.807) is 0 Å². The number of hydrogen-bond donors (Lipinski definition) is 1. The van der Waals surface area contributed by atoms with Gasteiger partial charge in [0, 0.05) is 17.2 Å². The smallest absolute Gasteiger partial charge is 0.203 e. The first-order chi connectivity index (χ1) is 9.65. The molecule has 0 radical (unpaired) electrons. The molecule has 0 aliphatic heterocycles. The SMILES string of the molecule is C=C(O)N=C(C)c1ccc(C#CC2CCCCC2)cc1. The van der Waals surface area contributed by atoms with Crippen LogP contribution >= 0.6 is 0 Å². The van der Waals surface area contributed by atoms with Crippen molar-refractivity contribution in [1.29, 1.82) is 0 Å². The van der Waals surface area contributed by atoms with E-state index < -0.39 is 0 Å². The lowest BCUT2D eigenvalue weighted by atomic mass is 9.89. The quantitative estimate of drug-likeness (QED) is 0.479. The Morgan fingerprint density at radius 2 is 1.85 bits per heavy atom. The molecule has 0 saturated heterocycles. The van der Waals surface area contributed by atoms with Crippen molar-refractivity contribution >= 4 is 5.71 Å². The van der Waals surface area contributed by atoms with Gasteiger partial charge in [-0.15, -0.1) is 0 Å². The lowest BCUT2D eigenvalue weighted by Gasteiger charge is -2.15. The molecule has 1 aliphatic rings. The molecule has 0 atom stereocenters. The average Bonchev–Trinajstić information content (AvgIpc) is 2.46. The van der Waals surface area contributed by atoms with Crippen LogP contribution in [0.15, 0.2) is 41.7 Å². The summed E-state index contributed by atoms with van der Waals surface area (Å²) in [5.74, 6) is 7.06. The fourth-order valence-corrected chi connectivity index (χ4v) is 2.49. The summed E-state index contributed by atoms with van der Waals surface area (Å²) in [5.41, 5.74) is 2.77. The van der Waals surface area contributed by atoms with Gasteiger partial charge in [-0.1, -0.05) is 43.2 Å². The van der Waals surface area contributed by atoms with Gasteiger partial charge < -0.3 is 5.11 Å². The first-order valence-corrected chi connectivity index (χ1v) is 7.20. The van der Waals surface area contributed by atoms with E-state index >= 15 is 0 Å². The van der Waals surface area contributed by atoms with Crippen molar-refractivity contribution < 1.29 is 5.11 Å². The van der Waals surface area contributed by atoms with Crippen LogP contribution in [-0.4, -0.2) is 10.8 Å². The number of nitrogens with zero attached hydrogens (tertiary/aromatic N) is 1. The van der Waals surface area contributed by atoms with Gasteiger partial charge in [0.2, 0.25) is 5.88 Å². The Labute approximate surface area is 121 Å². The minimum Gasteiger partial charge on any atom is -0.494 e. The zero-order valence-electron chi connectivity index (χ0n) is 12.0. The van der Waals surface area contributed by atoms with Gasteiger partial charge in [-0.25, -0.2) is 4.99 Å². The number of aliphatic hydroxyl groups is 1. The summed E-state index contributed by atoms with van der Waals surface area (Å²) in [4.78, 5) is 3.94. The first kappa shape index (κ1) is 14.4. The molecular weight excluding hydrogens is 246 g/mol. The van der Waals surface area contributed by atoms with Crippen LogP contribution in [0.25, 0.3) is 0 Å². The summed E-state index contributed by atoms with van der Waals surface area (Å²) in [6.07, 6.45) is 6.49. The summed E-state index contributed by atoms with van der Waals surface area (Å²) in [6, 6.07) is 7.97. The second kappa shape index (κ2) is 6.96. The largest absolute Gasteiger partial charge is 0.494 e. The fraction of sp³-hybridized carbons (Fsp3) is 0.389. The van der Waals surface area contributed by atoms with E-state index in [4.69, 9.17) is 5.11 Å². The zero-order chi connectivity index (χ0) is 14.4. The van der Waals surface area contributed by atoms with Gasteiger partial charge in [-0.2, -0.15) is 0 Å². The maximum atomic E-state index is 9.06. The zero-order valence-corrected chi connectivity index (χ0v) is 12.0. The summed E-state index contributed by atoms with van der Waals surface area (Å²) < 4.78 is 0. The van der Waals surface area contributed by atoms with Gasteiger partial charge >= 0.3 is 0 Å². The minimum atomic E-state index is -0.163. The molecule has 1 fully saturated rings. The van der Waals surface area contributed by atoms with E-state index in [-0.39, 0.29) is 5.88 Å². The monoisotopic (exact) mass is 267 g/mol. The van der Waals surface area contributed by atoms with E-state index in [0.717, 1.165) is 16.8 Å². The third kappa shape index (κ3) is 4.28. The second-order valence-corrected chi connectivity index (χ2v) is 5.30. The van der Waals surface area contributed by atoms with Gasteiger partial charge in [0.1, 0.15) is 0 Å². The molecule has 0 heterocycles. The number of aliphatic hydroxyl groups excluding tert-OH is 1. The van der Waals surface area contributed by atoms with Crippen LogP contribution in [0.5, 0.6) is 0 Å². The standard InChI is InChI=1S/C18H21NO/c1-14(19-15(2)20)18-12-10-17(11-13-18)9-8-16-6-4-3-5-7-16/h10-13,16,20H,2-7H2,1H3. The molecule has 104 valence electrons. The van der Waals surface area contributed by atoms with Crippen molar-refractivity contribution in [3.8, 4) is 11.8 Å². The summed E-state index contributed by atoms with van der Waals surface area (Å²) in [7, 11) is 0. The van der Waals surface area contributed by atoms with Gasteiger partial charge in [-0.05, 0) is 44.0 Å². The Morgan fingerprint density at radius 1 is 1.20 bits per heavy atom. The Bertz CT molecular complexity index is 551. The highest BCUT2D eigenvalue weighted by atomic mass is 16.3. The highest BCUT2D eigenvalue weighted by Gasteiger charge is 2.09. The highest BCUT2D eigenvalue weighted by molar-refractivity contribution is 5.99. The summed E-state index contributed by atoms with van der Waals surface area (Å²) in [6.45, 7) is 5.22. The maximum Gasteiger partial charge on any atom is 0.203 e. The predicted molar refractivity (Wildman–Crippen MR) is 83.9 cm³/mol.